The van der Waals surface area contributed by atoms with E-state index in [4.69, 9.17) is 0 Å². The van der Waals surface area contributed by atoms with Crippen molar-refractivity contribution in [1.29, 1.82) is 0 Å². The summed E-state index contributed by atoms with van der Waals surface area (Å²) in [7, 11) is 0. The number of aliphatic imine (C=N–C) groups is 2. The molecule has 0 aliphatic heterocycles. The lowest BCUT2D eigenvalue weighted by Gasteiger charge is -2.15. The first-order chi connectivity index (χ1) is 17.2. The van der Waals surface area contributed by atoms with Crippen molar-refractivity contribution in [3.63, 3.8) is 0 Å². The second kappa shape index (κ2) is 11.4. The zero-order chi connectivity index (χ0) is 24.6. The second-order valence-corrected chi connectivity index (χ2v) is 8.99. The number of aryl methyl sites for hydroxylation is 2. The Morgan fingerprint density at radius 3 is 1.43 bits per heavy atom. The molecule has 0 radical (unpaired) electrons. The minimum absolute atomic E-state index is 0.594. The van der Waals surface area contributed by atoms with Crippen LogP contribution in [0.3, 0.4) is 0 Å². The number of benzene rings is 4. The van der Waals surface area contributed by atoms with Crippen LogP contribution in [0.5, 0.6) is 0 Å². The van der Waals surface area contributed by atoms with E-state index in [1.165, 1.54) is 0 Å². The number of isocyanates is 2. The zero-order valence-corrected chi connectivity index (χ0v) is 20.4. The number of nitrogens with zero attached hydrogens (tertiary/aromatic N) is 2. The van der Waals surface area contributed by atoms with Crippen LogP contribution in [-0.4, -0.2) is 12.2 Å². The van der Waals surface area contributed by atoms with Crippen molar-refractivity contribution >= 4 is 35.3 Å². The van der Waals surface area contributed by atoms with Crippen molar-refractivity contribution in [2.75, 3.05) is 0 Å². The number of hydrogen-bond acceptors (Lipinski definition) is 5. The Hall–Kier alpha value is -4.01. The van der Waals surface area contributed by atoms with Crippen LogP contribution in [0.15, 0.2) is 105 Å². The third-order valence-corrected chi connectivity index (χ3v) is 7.00. The summed E-state index contributed by atoms with van der Waals surface area (Å²) in [5.41, 5.74) is 7.29. The molecule has 0 aromatic heterocycles. The smallest absolute Gasteiger partial charge is 0.211 e. The Bertz CT molecular complexity index is 1350. The lowest BCUT2D eigenvalue weighted by atomic mass is 10.00. The van der Waals surface area contributed by atoms with E-state index >= 15 is 0 Å². The summed E-state index contributed by atoms with van der Waals surface area (Å²) >= 11 is 1.63. The van der Waals surface area contributed by atoms with Crippen LogP contribution in [0.2, 0.25) is 0 Å². The van der Waals surface area contributed by atoms with Crippen molar-refractivity contribution in [3.05, 3.63) is 96.1 Å². The highest BCUT2D eigenvalue weighted by atomic mass is 32.2. The number of carbonyl (C=O) groups excluding carboxylic acids is 2. The fourth-order valence-electron chi connectivity index (χ4n) is 4.01. The third-order valence-electron chi connectivity index (χ3n) is 5.84. The molecular formula is C30H24N2O2S. The van der Waals surface area contributed by atoms with E-state index in [1.54, 1.807) is 23.9 Å². The molecule has 4 rings (SSSR count). The highest BCUT2D eigenvalue weighted by Crippen LogP contribution is 2.44. The molecule has 4 aromatic carbocycles. The predicted octanol–water partition coefficient (Wildman–Crippen LogP) is 8.23. The molecule has 0 spiro atoms. The normalized spacial score (nSPS) is 10.3. The number of hydrogen-bond donors (Lipinski definition) is 0. The van der Waals surface area contributed by atoms with Crippen molar-refractivity contribution in [3.8, 4) is 22.3 Å². The van der Waals surface area contributed by atoms with Crippen molar-refractivity contribution in [1.82, 2.24) is 0 Å². The van der Waals surface area contributed by atoms with Gasteiger partial charge in [-0.15, -0.1) is 0 Å². The van der Waals surface area contributed by atoms with Gasteiger partial charge in [0.15, 0.2) is 0 Å². The van der Waals surface area contributed by atoms with Crippen molar-refractivity contribution < 1.29 is 9.59 Å². The highest BCUT2D eigenvalue weighted by molar-refractivity contribution is 7.99. The zero-order valence-electron chi connectivity index (χ0n) is 19.6. The van der Waals surface area contributed by atoms with Gasteiger partial charge in [-0.1, -0.05) is 74.1 Å². The van der Waals surface area contributed by atoms with E-state index in [-0.39, 0.29) is 0 Å². The molecule has 0 heterocycles. The number of rotatable bonds is 8. The fourth-order valence-corrected chi connectivity index (χ4v) is 5.11. The quantitative estimate of drug-likeness (QED) is 0.190. The maximum atomic E-state index is 11.1. The lowest BCUT2D eigenvalue weighted by molar-refractivity contribution is 0.564. The van der Waals surface area contributed by atoms with Crippen molar-refractivity contribution in [2.24, 2.45) is 9.98 Å². The molecule has 172 valence electrons. The Balaban J connectivity index is 1.86. The van der Waals surface area contributed by atoms with Crippen molar-refractivity contribution in [2.45, 2.75) is 36.5 Å². The van der Waals surface area contributed by atoms with E-state index in [9.17, 15) is 9.59 Å². The summed E-state index contributed by atoms with van der Waals surface area (Å²) in [5, 5.41) is 0. The predicted molar refractivity (Wildman–Crippen MR) is 142 cm³/mol. The Morgan fingerprint density at radius 1 is 0.600 bits per heavy atom. The molecule has 4 nitrogen and oxygen atoms in total. The topological polar surface area (TPSA) is 58.9 Å². The summed E-state index contributed by atoms with van der Waals surface area (Å²) in [6.45, 7) is 4.20. The second-order valence-electron chi connectivity index (χ2n) is 7.91. The monoisotopic (exact) mass is 476 g/mol. The standard InChI is InChI=1S/C30H24N2O2S/c1-3-21-13-15-27(31-19-33)25(17-21)23-9-5-7-11-29(23)35-30-12-8-6-10-24(30)26-18-22(4-2)14-16-28(26)32-20-34/h5-18H,3-4H2,1-2H3. The van der Waals surface area contributed by atoms with E-state index in [0.29, 0.717) is 11.4 Å². The lowest BCUT2D eigenvalue weighted by Crippen LogP contribution is -1.89. The Morgan fingerprint density at radius 2 is 1.03 bits per heavy atom. The minimum atomic E-state index is 0.594. The third kappa shape index (κ3) is 5.40. The van der Waals surface area contributed by atoms with Gasteiger partial charge in [0.1, 0.15) is 0 Å². The molecule has 0 bridgehead atoms. The van der Waals surface area contributed by atoms with Gasteiger partial charge >= 0.3 is 0 Å². The SMILES string of the molecule is CCc1ccc(N=C=O)c(-c2ccccc2Sc2ccccc2-c2cc(CC)ccc2N=C=O)c1. The minimum Gasteiger partial charge on any atom is -0.211 e. The van der Waals surface area contributed by atoms with Gasteiger partial charge in [0, 0.05) is 20.9 Å². The van der Waals surface area contributed by atoms with Gasteiger partial charge in [-0.2, -0.15) is 9.98 Å². The maximum Gasteiger partial charge on any atom is 0.240 e. The van der Waals surface area contributed by atoms with Crippen LogP contribution in [-0.2, 0) is 22.4 Å². The summed E-state index contributed by atoms with van der Waals surface area (Å²) in [5.74, 6) is 0. The van der Waals surface area contributed by atoms with Gasteiger partial charge in [-0.3, -0.25) is 0 Å². The Kier molecular flexibility index (Phi) is 7.87. The molecule has 4 aromatic rings. The molecule has 35 heavy (non-hydrogen) atoms. The summed E-state index contributed by atoms with van der Waals surface area (Å²) in [6.07, 6.45) is 5.13. The van der Waals surface area contributed by atoms with Crippen LogP contribution in [0.1, 0.15) is 25.0 Å². The first kappa shape index (κ1) is 24.1. The molecule has 0 fully saturated rings. The summed E-state index contributed by atoms with van der Waals surface area (Å²) in [6, 6.07) is 28.1. The van der Waals surface area contributed by atoms with Crippen LogP contribution in [0.25, 0.3) is 22.3 Å². The first-order valence-electron chi connectivity index (χ1n) is 11.5. The van der Waals surface area contributed by atoms with Crippen LogP contribution >= 0.6 is 11.8 Å². The molecule has 0 aliphatic rings. The maximum absolute atomic E-state index is 11.1. The van der Waals surface area contributed by atoms with E-state index in [2.05, 4.69) is 48.1 Å². The van der Waals surface area contributed by atoms with Gasteiger partial charge in [-0.05, 0) is 71.5 Å². The molecule has 0 aliphatic carbocycles. The molecule has 0 amide bonds. The molecule has 0 atom stereocenters. The summed E-state index contributed by atoms with van der Waals surface area (Å²) in [4.78, 5) is 32.2. The average molecular weight is 477 g/mol. The van der Waals surface area contributed by atoms with E-state index in [1.807, 2.05) is 60.7 Å². The Labute approximate surface area is 209 Å². The first-order valence-corrected chi connectivity index (χ1v) is 12.3. The summed E-state index contributed by atoms with van der Waals surface area (Å²) < 4.78 is 0. The van der Waals surface area contributed by atoms with Crippen LogP contribution in [0.4, 0.5) is 11.4 Å². The van der Waals surface area contributed by atoms with Gasteiger partial charge in [-0.25, -0.2) is 9.59 Å². The van der Waals surface area contributed by atoms with Gasteiger partial charge in [0.25, 0.3) is 0 Å². The van der Waals surface area contributed by atoms with E-state index in [0.717, 1.165) is 56.0 Å². The molecular weight excluding hydrogens is 452 g/mol. The largest absolute Gasteiger partial charge is 0.240 e. The molecule has 0 unspecified atom stereocenters. The average Bonchev–Trinajstić information content (AvgIpc) is 2.90. The van der Waals surface area contributed by atoms with Gasteiger partial charge < -0.3 is 0 Å². The molecule has 0 saturated heterocycles. The van der Waals surface area contributed by atoms with Gasteiger partial charge in [0.2, 0.25) is 12.2 Å². The van der Waals surface area contributed by atoms with Crippen LogP contribution in [0, 0.1) is 0 Å². The van der Waals surface area contributed by atoms with Crippen LogP contribution < -0.4 is 0 Å². The van der Waals surface area contributed by atoms with Gasteiger partial charge in [0.05, 0.1) is 11.4 Å². The van der Waals surface area contributed by atoms with E-state index < -0.39 is 0 Å². The molecule has 0 N–H and O–H groups in total. The molecule has 0 saturated carbocycles. The fraction of sp³-hybridized carbons (Fsp3) is 0.133. The highest BCUT2D eigenvalue weighted by Gasteiger charge is 2.15. The molecule has 5 heteroatoms.